The van der Waals surface area contributed by atoms with E-state index in [9.17, 15) is 8.42 Å². The summed E-state index contributed by atoms with van der Waals surface area (Å²) in [6.07, 6.45) is 4.95. The van der Waals surface area contributed by atoms with Crippen LogP contribution in [0.15, 0.2) is 12.0 Å². The van der Waals surface area contributed by atoms with Gasteiger partial charge < -0.3 is 0 Å². The smallest absolute Gasteiger partial charge is 0.173 e. The van der Waals surface area contributed by atoms with Crippen molar-refractivity contribution in [3.8, 4) is 0 Å². The van der Waals surface area contributed by atoms with Crippen molar-refractivity contribution in [1.29, 1.82) is 0 Å². The molecule has 2 nitrogen and oxygen atoms in total. The van der Waals surface area contributed by atoms with Gasteiger partial charge in [0.25, 0.3) is 0 Å². The zero-order valence-corrected chi connectivity index (χ0v) is 7.44. The Morgan fingerprint density at radius 1 is 1.18 bits per heavy atom. The molecular weight excluding hydrogens is 160 g/mol. The second kappa shape index (κ2) is 3.39. The SMILES string of the molecule is C=CS(=O)(=O)C1CCCCC1. The summed E-state index contributed by atoms with van der Waals surface area (Å²) in [7, 11) is -2.96. The Morgan fingerprint density at radius 2 is 1.73 bits per heavy atom. The molecule has 0 aromatic heterocycles. The second-order valence-corrected chi connectivity index (χ2v) is 5.19. The van der Waals surface area contributed by atoms with Crippen LogP contribution in [0.25, 0.3) is 0 Å². The molecule has 0 aromatic carbocycles. The number of sulfone groups is 1. The van der Waals surface area contributed by atoms with Crippen molar-refractivity contribution in [1.82, 2.24) is 0 Å². The van der Waals surface area contributed by atoms with Crippen LogP contribution in [0.5, 0.6) is 0 Å². The predicted octanol–water partition coefficient (Wildman–Crippen LogP) is 1.88. The molecule has 0 atom stereocenters. The van der Waals surface area contributed by atoms with E-state index in [0.717, 1.165) is 31.1 Å². The van der Waals surface area contributed by atoms with Crippen LogP contribution < -0.4 is 0 Å². The van der Waals surface area contributed by atoms with Gasteiger partial charge in [0, 0.05) is 5.41 Å². The summed E-state index contributed by atoms with van der Waals surface area (Å²) in [5.41, 5.74) is 0. The lowest BCUT2D eigenvalue weighted by Gasteiger charge is -2.19. The third-order valence-electron chi connectivity index (χ3n) is 2.25. The van der Waals surface area contributed by atoms with Crippen molar-refractivity contribution in [2.75, 3.05) is 0 Å². The van der Waals surface area contributed by atoms with Crippen molar-refractivity contribution in [2.45, 2.75) is 37.4 Å². The van der Waals surface area contributed by atoms with E-state index >= 15 is 0 Å². The normalized spacial score (nSPS) is 21.5. The Hall–Kier alpha value is -0.310. The Bertz CT molecular complexity index is 222. The summed E-state index contributed by atoms with van der Waals surface area (Å²) in [4.78, 5) is 0. The number of hydrogen-bond donors (Lipinski definition) is 0. The first-order chi connectivity index (χ1) is 5.17. The minimum atomic E-state index is -2.96. The minimum absolute atomic E-state index is 0.131. The molecule has 1 fully saturated rings. The maximum Gasteiger partial charge on any atom is 0.173 e. The summed E-state index contributed by atoms with van der Waals surface area (Å²) in [6, 6.07) is 0. The van der Waals surface area contributed by atoms with Gasteiger partial charge >= 0.3 is 0 Å². The molecule has 0 heterocycles. The van der Waals surface area contributed by atoms with Gasteiger partial charge in [0.2, 0.25) is 0 Å². The Morgan fingerprint density at radius 3 is 2.18 bits per heavy atom. The highest BCUT2D eigenvalue weighted by Crippen LogP contribution is 2.24. The van der Waals surface area contributed by atoms with E-state index in [-0.39, 0.29) is 5.25 Å². The maximum atomic E-state index is 11.2. The lowest BCUT2D eigenvalue weighted by Crippen LogP contribution is -2.21. The van der Waals surface area contributed by atoms with Crippen molar-refractivity contribution in [3.63, 3.8) is 0 Å². The molecule has 1 rings (SSSR count). The van der Waals surface area contributed by atoms with Gasteiger partial charge in [-0.25, -0.2) is 8.42 Å². The first-order valence-electron chi connectivity index (χ1n) is 4.03. The van der Waals surface area contributed by atoms with Gasteiger partial charge in [0.05, 0.1) is 5.25 Å². The summed E-state index contributed by atoms with van der Waals surface area (Å²) in [5.74, 6) is 0. The summed E-state index contributed by atoms with van der Waals surface area (Å²) < 4.78 is 22.5. The second-order valence-electron chi connectivity index (χ2n) is 3.02. The van der Waals surface area contributed by atoms with E-state index in [1.807, 2.05) is 0 Å². The topological polar surface area (TPSA) is 34.1 Å². The Balaban J connectivity index is 2.66. The van der Waals surface area contributed by atoms with Gasteiger partial charge in [0.1, 0.15) is 0 Å². The molecule has 1 aliphatic rings. The monoisotopic (exact) mass is 174 g/mol. The zero-order valence-electron chi connectivity index (χ0n) is 6.62. The highest BCUT2D eigenvalue weighted by Gasteiger charge is 2.23. The standard InChI is InChI=1S/C8H14O2S/c1-2-11(9,10)8-6-4-3-5-7-8/h2,8H,1,3-7H2. The van der Waals surface area contributed by atoms with Crippen molar-refractivity contribution < 1.29 is 8.42 Å². The van der Waals surface area contributed by atoms with Crippen molar-refractivity contribution >= 4 is 9.84 Å². The van der Waals surface area contributed by atoms with Crippen LogP contribution >= 0.6 is 0 Å². The van der Waals surface area contributed by atoms with Crippen LogP contribution in [-0.4, -0.2) is 13.7 Å². The van der Waals surface area contributed by atoms with E-state index in [1.54, 1.807) is 0 Å². The van der Waals surface area contributed by atoms with E-state index in [1.165, 1.54) is 6.42 Å². The van der Waals surface area contributed by atoms with Gasteiger partial charge in [-0.3, -0.25) is 0 Å². The lowest BCUT2D eigenvalue weighted by molar-refractivity contribution is 0.487. The van der Waals surface area contributed by atoms with Crippen molar-refractivity contribution in [3.05, 3.63) is 12.0 Å². The first-order valence-corrected chi connectivity index (χ1v) is 5.64. The van der Waals surface area contributed by atoms with Gasteiger partial charge in [-0.05, 0) is 12.8 Å². The molecule has 0 amide bonds. The molecule has 11 heavy (non-hydrogen) atoms. The molecule has 0 unspecified atom stereocenters. The van der Waals surface area contributed by atoms with Crippen LogP contribution in [0.2, 0.25) is 0 Å². The fourth-order valence-electron chi connectivity index (χ4n) is 1.53. The molecule has 64 valence electrons. The third kappa shape index (κ3) is 2.06. The average molecular weight is 174 g/mol. The Labute approximate surface area is 68.2 Å². The molecule has 0 aliphatic heterocycles. The number of hydrogen-bond acceptors (Lipinski definition) is 2. The van der Waals surface area contributed by atoms with Crippen LogP contribution in [0.3, 0.4) is 0 Å². The van der Waals surface area contributed by atoms with E-state index in [4.69, 9.17) is 0 Å². The minimum Gasteiger partial charge on any atom is -0.224 e. The quantitative estimate of drug-likeness (QED) is 0.640. The molecule has 0 radical (unpaired) electrons. The van der Waals surface area contributed by atoms with Crippen LogP contribution in [-0.2, 0) is 9.84 Å². The zero-order chi connectivity index (χ0) is 8.32. The highest BCUT2D eigenvalue weighted by atomic mass is 32.2. The molecule has 3 heteroatoms. The summed E-state index contributed by atoms with van der Waals surface area (Å²) >= 11 is 0. The van der Waals surface area contributed by atoms with E-state index in [0.29, 0.717) is 0 Å². The Kier molecular flexibility index (Phi) is 2.71. The molecule has 0 bridgehead atoms. The van der Waals surface area contributed by atoms with E-state index < -0.39 is 9.84 Å². The predicted molar refractivity (Wildman–Crippen MR) is 46.0 cm³/mol. The largest absolute Gasteiger partial charge is 0.224 e. The van der Waals surface area contributed by atoms with Crippen molar-refractivity contribution in [2.24, 2.45) is 0 Å². The molecule has 0 aromatic rings. The fourth-order valence-corrected chi connectivity index (χ4v) is 2.79. The van der Waals surface area contributed by atoms with E-state index in [2.05, 4.69) is 6.58 Å². The molecule has 1 saturated carbocycles. The lowest BCUT2D eigenvalue weighted by atomic mass is 10.0. The molecular formula is C8H14O2S. The molecule has 1 aliphatic carbocycles. The number of rotatable bonds is 2. The third-order valence-corrected chi connectivity index (χ3v) is 4.11. The maximum absolute atomic E-state index is 11.2. The molecule has 0 spiro atoms. The fraction of sp³-hybridized carbons (Fsp3) is 0.750. The summed E-state index contributed by atoms with van der Waals surface area (Å²) in [5, 5.41) is 0.969. The summed E-state index contributed by atoms with van der Waals surface area (Å²) in [6.45, 7) is 3.32. The van der Waals surface area contributed by atoms with Gasteiger partial charge in [-0.2, -0.15) is 0 Å². The molecule has 0 saturated heterocycles. The van der Waals surface area contributed by atoms with Gasteiger partial charge in [-0.15, -0.1) is 0 Å². The van der Waals surface area contributed by atoms with Crippen LogP contribution in [0.1, 0.15) is 32.1 Å². The van der Waals surface area contributed by atoms with Gasteiger partial charge in [0.15, 0.2) is 9.84 Å². The van der Waals surface area contributed by atoms with Crippen LogP contribution in [0.4, 0.5) is 0 Å². The highest BCUT2D eigenvalue weighted by molar-refractivity contribution is 7.94. The van der Waals surface area contributed by atoms with Gasteiger partial charge in [-0.1, -0.05) is 25.8 Å². The average Bonchev–Trinajstić information content (AvgIpc) is 2.06. The van der Waals surface area contributed by atoms with Crippen LogP contribution in [0, 0.1) is 0 Å². The first kappa shape index (κ1) is 8.78. The molecule has 0 N–H and O–H groups in total.